The molecule has 0 spiro atoms. The van der Waals surface area contributed by atoms with E-state index >= 15 is 0 Å². The SMILES string of the molecule is COC1=CC(=C2c3ccc(N(C)C)cc3C(C)(C)c3cc(N(C)C)ccc32)C=CC1=[N+](CC(=O)OCOC(C)=O)CC(=O)OCOC(C)=O.O=S(=O)([O-])C(F)(F)F. The summed E-state index contributed by atoms with van der Waals surface area (Å²) in [5.74, 6) is -2.37. The molecule has 0 bridgehead atoms. The zero-order valence-electron chi connectivity index (χ0n) is 32.8. The minimum atomic E-state index is -6.09. The first-order valence-corrected chi connectivity index (χ1v) is 18.3. The molecule has 2 aliphatic rings. The molecule has 0 heterocycles. The fourth-order valence-corrected chi connectivity index (χ4v) is 5.77. The Kier molecular flexibility index (Phi) is 14.8. The average molecular weight is 824 g/mol. The Labute approximate surface area is 328 Å². The van der Waals surface area contributed by atoms with Crippen LogP contribution in [0, 0.1) is 0 Å². The van der Waals surface area contributed by atoms with E-state index in [1.807, 2.05) is 40.3 Å². The Balaban J connectivity index is 0.000000980. The molecule has 2 aromatic carbocycles. The summed E-state index contributed by atoms with van der Waals surface area (Å²) in [4.78, 5) is 52.0. The lowest BCUT2D eigenvalue weighted by Gasteiger charge is -2.38. The molecule has 19 heteroatoms. The number of rotatable bonds is 11. The molecule has 0 saturated heterocycles. The third kappa shape index (κ3) is 11.7. The van der Waals surface area contributed by atoms with E-state index in [4.69, 9.17) is 36.7 Å². The highest BCUT2D eigenvalue weighted by atomic mass is 32.2. The number of hydrogen-bond acceptors (Lipinski definition) is 14. The van der Waals surface area contributed by atoms with Gasteiger partial charge in [0.2, 0.25) is 32.4 Å². The molecule has 0 aliphatic heterocycles. The molecule has 310 valence electrons. The van der Waals surface area contributed by atoms with Crippen LogP contribution in [-0.4, -0.2) is 115 Å². The fraction of sp³-hybridized carbons (Fsp3) is 0.395. The number of hydrogen-bond donors (Lipinski definition) is 0. The molecule has 2 aromatic rings. The van der Waals surface area contributed by atoms with E-state index in [1.165, 1.54) is 36.7 Å². The van der Waals surface area contributed by atoms with Gasteiger partial charge >= 0.3 is 29.4 Å². The van der Waals surface area contributed by atoms with Crippen molar-refractivity contribution in [2.24, 2.45) is 0 Å². The van der Waals surface area contributed by atoms with Crippen LogP contribution in [-0.2, 0) is 58.4 Å². The standard InChI is InChI=1S/C37H44N3O9.CHF3O3S/c1-23(41)46-21-48-34(43)19-40(20-35(44)49-22-47-24(2)42)32-15-10-25(16-33(32)45-9)36-28-13-11-26(38(5)6)17-30(28)37(3,4)31-18-27(39(7)8)12-14-29(31)36;2-1(3,4)8(5,6)7/h10-18H,19-22H2,1-9H3;(H,5,6,7)/q+1;/p-1. The Morgan fingerprint density at radius 1 is 0.772 bits per heavy atom. The first kappa shape index (κ1) is 45.7. The Hall–Kier alpha value is -5.69. The summed E-state index contributed by atoms with van der Waals surface area (Å²) in [7, 11) is 3.50. The maximum Gasteiger partial charge on any atom is 0.485 e. The number of carbonyl (C=O) groups excluding carboxylic acids is 4. The van der Waals surface area contributed by atoms with Crippen molar-refractivity contribution in [1.29, 1.82) is 0 Å². The van der Waals surface area contributed by atoms with Gasteiger partial charge in [-0.15, -0.1) is 0 Å². The molecule has 0 aromatic heterocycles. The van der Waals surface area contributed by atoms with Crippen molar-refractivity contribution in [2.75, 3.05) is 71.8 Å². The van der Waals surface area contributed by atoms with Gasteiger partial charge in [0.25, 0.3) is 0 Å². The van der Waals surface area contributed by atoms with Crippen LogP contribution in [0.2, 0.25) is 0 Å². The Bertz CT molecular complexity index is 2040. The van der Waals surface area contributed by atoms with E-state index in [1.54, 1.807) is 6.08 Å². The molecular formula is C38H44F3N3O12S. The van der Waals surface area contributed by atoms with Gasteiger partial charge in [0.15, 0.2) is 15.9 Å². The maximum atomic E-state index is 12.8. The summed E-state index contributed by atoms with van der Waals surface area (Å²) in [6, 6.07) is 13.0. The Morgan fingerprint density at radius 3 is 1.54 bits per heavy atom. The summed E-state index contributed by atoms with van der Waals surface area (Å²) in [6.07, 6.45) is 5.55. The average Bonchev–Trinajstić information content (AvgIpc) is 3.10. The van der Waals surface area contributed by atoms with Crippen LogP contribution in [0.15, 0.2) is 66.0 Å². The van der Waals surface area contributed by atoms with Crippen LogP contribution < -0.4 is 9.80 Å². The van der Waals surface area contributed by atoms with Gasteiger partial charge in [-0.2, -0.15) is 13.2 Å². The van der Waals surface area contributed by atoms with Gasteiger partial charge < -0.3 is 38.0 Å². The van der Waals surface area contributed by atoms with Gasteiger partial charge in [0, 0.05) is 64.9 Å². The summed E-state index contributed by atoms with van der Waals surface area (Å²) < 4.78 is 85.7. The number of allylic oxidation sites excluding steroid dienone is 4. The van der Waals surface area contributed by atoms with E-state index in [9.17, 15) is 32.3 Å². The molecule has 0 saturated carbocycles. The van der Waals surface area contributed by atoms with Crippen molar-refractivity contribution in [3.05, 3.63) is 88.2 Å². The second-order valence-electron chi connectivity index (χ2n) is 13.4. The fourth-order valence-electron chi connectivity index (χ4n) is 5.77. The highest BCUT2D eigenvalue weighted by molar-refractivity contribution is 7.86. The lowest BCUT2D eigenvalue weighted by atomic mass is 9.66. The van der Waals surface area contributed by atoms with Gasteiger partial charge in [-0.3, -0.25) is 9.59 Å². The van der Waals surface area contributed by atoms with E-state index < -0.39 is 66.2 Å². The van der Waals surface area contributed by atoms with E-state index in [0.29, 0.717) is 11.5 Å². The first-order chi connectivity index (χ1) is 26.4. The third-order valence-electron chi connectivity index (χ3n) is 8.62. The quantitative estimate of drug-likeness (QED) is 0.104. The van der Waals surface area contributed by atoms with E-state index in [0.717, 1.165) is 33.6 Å². The van der Waals surface area contributed by atoms with Crippen LogP contribution in [0.3, 0.4) is 0 Å². The smallest absolute Gasteiger partial charge is 0.485 e. The first-order valence-electron chi connectivity index (χ1n) is 16.9. The number of alkyl halides is 3. The second-order valence-corrected chi connectivity index (χ2v) is 14.8. The number of carbonyl (C=O) groups is 4. The van der Waals surface area contributed by atoms with Gasteiger partial charge in [-0.1, -0.05) is 26.0 Å². The number of esters is 4. The van der Waals surface area contributed by atoms with Crippen molar-refractivity contribution < 1.29 is 73.6 Å². The number of nitrogens with zero attached hydrogens (tertiary/aromatic N) is 3. The second kappa shape index (κ2) is 18.5. The van der Waals surface area contributed by atoms with Gasteiger partial charge in [-0.05, 0) is 69.8 Å². The molecule has 0 fully saturated rings. The summed E-state index contributed by atoms with van der Waals surface area (Å²) in [6.45, 7) is 4.90. The van der Waals surface area contributed by atoms with Crippen molar-refractivity contribution >= 4 is 56.7 Å². The van der Waals surface area contributed by atoms with Gasteiger partial charge in [0.1, 0.15) is 0 Å². The van der Waals surface area contributed by atoms with Crippen LogP contribution in [0.25, 0.3) is 5.57 Å². The van der Waals surface area contributed by atoms with Crippen molar-refractivity contribution in [3.8, 4) is 0 Å². The predicted octanol–water partition coefficient (Wildman–Crippen LogP) is 3.99. The van der Waals surface area contributed by atoms with Crippen molar-refractivity contribution in [1.82, 2.24) is 0 Å². The van der Waals surface area contributed by atoms with Crippen molar-refractivity contribution in [3.63, 3.8) is 0 Å². The van der Waals surface area contributed by atoms with Crippen LogP contribution in [0.1, 0.15) is 49.9 Å². The summed E-state index contributed by atoms with van der Waals surface area (Å²) in [5, 5.41) is 0. The molecule has 0 amide bonds. The predicted molar refractivity (Wildman–Crippen MR) is 200 cm³/mol. The molecule has 15 nitrogen and oxygen atoms in total. The van der Waals surface area contributed by atoms with Crippen LogP contribution >= 0.6 is 0 Å². The normalized spacial score (nSPS) is 14.1. The molecule has 4 rings (SSSR count). The van der Waals surface area contributed by atoms with Crippen LogP contribution in [0.4, 0.5) is 24.5 Å². The van der Waals surface area contributed by atoms with Crippen molar-refractivity contribution in [2.45, 2.75) is 38.6 Å². The molecule has 2 aliphatic carbocycles. The van der Waals surface area contributed by atoms with E-state index in [-0.39, 0.29) is 5.41 Å². The highest BCUT2D eigenvalue weighted by Gasteiger charge is 2.38. The summed E-state index contributed by atoms with van der Waals surface area (Å²) >= 11 is 0. The zero-order chi connectivity index (χ0) is 43.0. The molecular weight excluding hydrogens is 779 g/mol. The Morgan fingerprint density at radius 2 is 1.19 bits per heavy atom. The van der Waals surface area contributed by atoms with Gasteiger partial charge in [-0.25, -0.2) is 22.6 Å². The molecule has 57 heavy (non-hydrogen) atoms. The highest BCUT2D eigenvalue weighted by Crippen LogP contribution is 2.49. The number of fused-ring (bicyclic) bond motifs is 2. The lowest BCUT2D eigenvalue weighted by molar-refractivity contribution is -0.509. The van der Waals surface area contributed by atoms with E-state index in [2.05, 4.69) is 60.0 Å². The maximum absolute atomic E-state index is 12.8. The number of anilines is 2. The largest absolute Gasteiger partial charge is 0.741 e. The third-order valence-corrected chi connectivity index (χ3v) is 9.19. The minimum absolute atomic E-state index is 0.314. The zero-order valence-corrected chi connectivity index (χ0v) is 33.6. The minimum Gasteiger partial charge on any atom is -0.741 e. The van der Waals surface area contributed by atoms with Crippen LogP contribution in [0.5, 0.6) is 0 Å². The number of halogens is 3. The lowest BCUT2D eigenvalue weighted by Crippen LogP contribution is -2.35. The molecule has 0 atom stereocenters. The monoisotopic (exact) mass is 823 g/mol. The number of methoxy groups -OCH3 is 1. The molecule has 0 radical (unpaired) electrons. The summed E-state index contributed by atoms with van der Waals surface area (Å²) in [5.41, 5.74) is 3.00. The molecule has 0 N–H and O–H groups in total. The number of benzene rings is 2. The molecule has 0 unspecified atom stereocenters. The topological polar surface area (TPSA) is 181 Å². The van der Waals surface area contributed by atoms with Gasteiger partial charge in [0.05, 0.1) is 7.11 Å². The number of ether oxygens (including phenoxy) is 5.